The topological polar surface area (TPSA) is 88.2 Å². The van der Waals surface area contributed by atoms with Gasteiger partial charge in [-0.1, -0.05) is 41.1 Å². The van der Waals surface area contributed by atoms with Crippen molar-refractivity contribution in [2.24, 2.45) is 0 Å². The Kier molecular flexibility index (Phi) is 5.25. The minimum absolute atomic E-state index is 0.100. The van der Waals surface area contributed by atoms with Crippen LogP contribution in [0, 0.1) is 6.92 Å². The lowest BCUT2D eigenvalue weighted by atomic mass is 9.86. The third kappa shape index (κ3) is 3.30. The minimum atomic E-state index is -0.922. The van der Waals surface area contributed by atoms with Crippen molar-refractivity contribution in [3.05, 3.63) is 57.6 Å². The summed E-state index contributed by atoms with van der Waals surface area (Å²) in [6.45, 7) is 4.44. The minimum Gasteiger partial charge on any atom is -0.481 e. The molecule has 0 radical (unpaired) electrons. The van der Waals surface area contributed by atoms with E-state index in [0.717, 1.165) is 22.2 Å². The fourth-order valence-corrected chi connectivity index (χ4v) is 3.51. The zero-order chi connectivity index (χ0) is 18.8. The van der Waals surface area contributed by atoms with Crippen LogP contribution in [0.5, 0.6) is 0 Å². The molecule has 3 rings (SSSR count). The molecule has 0 aliphatic carbocycles. The first kappa shape index (κ1) is 18.4. The van der Waals surface area contributed by atoms with Gasteiger partial charge in [0.05, 0.1) is 23.6 Å². The van der Waals surface area contributed by atoms with Gasteiger partial charge in [-0.25, -0.2) is 4.68 Å². The van der Waals surface area contributed by atoms with Gasteiger partial charge in [0, 0.05) is 12.5 Å². The molecule has 0 unspecified atom stereocenters. The van der Waals surface area contributed by atoms with Gasteiger partial charge in [-0.05, 0) is 42.2 Å². The van der Waals surface area contributed by atoms with Crippen LogP contribution < -0.4 is 0 Å². The van der Waals surface area contributed by atoms with Crippen molar-refractivity contribution < 1.29 is 15.0 Å². The van der Waals surface area contributed by atoms with Crippen LogP contribution in [-0.2, 0) is 17.9 Å². The quantitative estimate of drug-likeness (QED) is 0.690. The zero-order valence-electron chi connectivity index (χ0n) is 14.6. The standard InChI is InChI=1S/C19H20ClN3O3/c1-3-23-16-7-6-14(18(20)19(16)21-22-23)15(9-17(25)26)12-5-4-11(2)13(8-12)10-24/h4-8,15,24H,3,9-10H2,1-2H3,(H,25,26)/t15-/m1/s1. The van der Waals surface area contributed by atoms with Crippen LogP contribution >= 0.6 is 11.6 Å². The molecule has 1 heterocycles. The summed E-state index contributed by atoms with van der Waals surface area (Å²) in [5.41, 5.74) is 4.60. The Labute approximate surface area is 156 Å². The van der Waals surface area contributed by atoms with E-state index >= 15 is 0 Å². The molecule has 0 amide bonds. The van der Waals surface area contributed by atoms with Crippen LogP contribution in [0.1, 0.15) is 41.5 Å². The summed E-state index contributed by atoms with van der Waals surface area (Å²) < 4.78 is 1.74. The lowest BCUT2D eigenvalue weighted by molar-refractivity contribution is -0.137. The molecule has 0 aliphatic heterocycles. The molecule has 0 bridgehead atoms. The Bertz CT molecular complexity index is 968. The molecule has 7 heteroatoms. The van der Waals surface area contributed by atoms with Crippen molar-refractivity contribution in [3.63, 3.8) is 0 Å². The maximum Gasteiger partial charge on any atom is 0.304 e. The van der Waals surface area contributed by atoms with Gasteiger partial charge in [-0.3, -0.25) is 4.79 Å². The van der Waals surface area contributed by atoms with E-state index in [-0.39, 0.29) is 13.0 Å². The van der Waals surface area contributed by atoms with E-state index in [9.17, 15) is 15.0 Å². The monoisotopic (exact) mass is 373 g/mol. The molecule has 2 N–H and O–H groups in total. The van der Waals surface area contributed by atoms with Crippen LogP contribution in [0.15, 0.2) is 30.3 Å². The Morgan fingerprint density at radius 3 is 2.73 bits per heavy atom. The van der Waals surface area contributed by atoms with E-state index < -0.39 is 11.9 Å². The van der Waals surface area contributed by atoms with Gasteiger partial charge in [-0.15, -0.1) is 5.10 Å². The summed E-state index contributed by atoms with van der Waals surface area (Å²) in [5, 5.41) is 27.6. The van der Waals surface area contributed by atoms with Crippen LogP contribution in [-0.4, -0.2) is 31.2 Å². The number of aliphatic hydroxyl groups is 1. The molecule has 0 saturated heterocycles. The maximum atomic E-state index is 11.5. The first-order valence-electron chi connectivity index (χ1n) is 8.39. The molecular formula is C19H20ClN3O3. The number of aromatic nitrogens is 3. The summed E-state index contributed by atoms with van der Waals surface area (Å²) in [7, 11) is 0. The van der Waals surface area contributed by atoms with E-state index in [4.69, 9.17) is 11.6 Å². The van der Waals surface area contributed by atoms with E-state index in [2.05, 4.69) is 10.3 Å². The highest BCUT2D eigenvalue weighted by Crippen LogP contribution is 2.37. The number of rotatable bonds is 6. The fourth-order valence-electron chi connectivity index (χ4n) is 3.18. The van der Waals surface area contributed by atoms with Gasteiger partial charge < -0.3 is 10.2 Å². The summed E-state index contributed by atoms with van der Waals surface area (Å²) >= 11 is 6.59. The number of carboxylic acids is 1. The normalized spacial score (nSPS) is 12.5. The molecule has 0 spiro atoms. The Balaban J connectivity index is 2.15. The van der Waals surface area contributed by atoms with Gasteiger partial charge in [0.15, 0.2) is 0 Å². The molecule has 1 atom stereocenters. The highest BCUT2D eigenvalue weighted by molar-refractivity contribution is 6.35. The highest BCUT2D eigenvalue weighted by Gasteiger charge is 2.23. The van der Waals surface area contributed by atoms with E-state index in [1.54, 1.807) is 4.68 Å². The number of aliphatic carboxylic acids is 1. The van der Waals surface area contributed by atoms with Gasteiger partial charge in [0.25, 0.3) is 0 Å². The molecule has 0 fully saturated rings. The molecule has 6 nitrogen and oxygen atoms in total. The summed E-state index contributed by atoms with van der Waals surface area (Å²) in [4.78, 5) is 11.5. The molecule has 0 saturated carbocycles. The summed E-state index contributed by atoms with van der Waals surface area (Å²) in [6.07, 6.45) is -0.110. The van der Waals surface area contributed by atoms with Gasteiger partial charge >= 0.3 is 5.97 Å². The SMILES string of the molecule is CCn1nnc2c(Cl)c([C@H](CC(=O)O)c3ccc(C)c(CO)c3)ccc21. The lowest BCUT2D eigenvalue weighted by Gasteiger charge is -2.19. The van der Waals surface area contributed by atoms with Crippen LogP contribution in [0.25, 0.3) is 11.0 Å². The van der Waals surface area contributed by atoms with Crippen molar-refractivity contribution in [2.45, 2.75) is 39.3 Å². The number of aryl methyl sites for hydroxylation is 2. The second kappa shape index (κ2) is 7.43. The third-order valence-corrected chi connectivity index (χ3v) is 5.05. The molecule has 2 aromatic carbocycles. The van der Waals surface area contributed by atoms with Crippen molar-refractivity contribution in [2.75, 3.05) is 0 Å². The number of nitrogens with zero attached hydrogens (tertiary/aromatic N) is 3. The molecule has 136 valence electrons. The van der Waals surface area contributed by atoms with E-state index in [0.29, 0.717) is 22.6 Å². The van der Waals surface area contributed by atoms with E-state index in [1.165, 1.54) is 0 Å². The Morgan fingerprint density at radius 1 is 1.31 bits per heavy atom. The van der Waals surface area contributed by atoms with Crippen LogP contribution in [0.2, 0.25) is 5.02 Å². The van der Waals surface area contributed by atoms with Crippen molar-refractivity contribution in [3.8, 4) is 0 Å². The first-order chi connectivity index (χ1) is 12.5. The highest BCUT2D eigenvalue weighted by atomic mass is 35.5. The molecule has 0 aliphatic rings. The van der Waals surface area contributed by atoms with Gasteiger partial charge in [-0.2, -0.15) is 0 Å². The molecular weight excluding hydrogens is 354 g/mol. The van der Waals surface area contributed by atoms with Gasteiger partial charge in [0.2, 0.25) is 0 Å². The number of halogens is 1. The van der Waals surface area contributed by atoms with Gasteiger partial charge in [0.1, 0.15) is 5.52 Å². The Hall–Kier alpha value is -2.44. The number of carbonyl (C=O) groups is 1. The number of carboxylic acid groups (broad SMARTS) is 1. The number of fused-ring (bicyclic) bond motifs is 1. The lowest BCUT2D eigenvalue weighted by Crippen LogP contribution is -2.09. The summed E-state index contributed by atoms with van der Waals surface area (Å²) in [6, 6.07) is 9.32. The maximum absolute atomic E-state index is 11.5. The molecule has 3 aromatic rings. The van der Waals surface area contributed by atoms with Crippen molar-refractivity contribution in [1.29, 1.82) is 0 Å². The number of benzene rings is 2. The first-order valence-corrected chi connectivity index (χ1v) is 8.77. The van der Waals surface area contributed by atoms with Crippen molar-refractivity contribution in [1.82, 2.24) is 15.0 Å². The van der Waals surface area contributed by atoms with Crippen LogP contribution in [0.3, 0.4) is 0 Å². The Morgan fingerprint density at radius 2 is 2.08 bits per heavy atom. The van der Waals surface area contributed by atoms with Crippen LogP contribution in [0.4, 0.5) is 0 Å². The number of hydrogen-bond acceptors (Lipinski definition) is 4. The second-order valence-electron chi connectivity index (χ2n) is 6.24. The number of hydrogen-bond donors (Lipinski definition) is 2. The van der Waals surface area contributed by atoms with E-state index in [1.807, 2.05) is 44.2 Å². The predicted molar refractivity (Wildman–Crippen MR) is 99.4 cm³/mol. The molecule has 26 heavy (non-hydrogen) atoms. The number of aliphatic hydroxyl groups excluding tert-OH is 1. The van der Waals surface area contributed by atoms with Crippen molar-refractivity contribution >= 4 is 28.6 Å². The average Bonchev–Trinajstić information content (AvgIpc) is 3.05. The smallest absolute Gasteiger partial charge is 0.304 e. The predicted octanol–water partition coefficient (Wildman–Crippen LogP) is 3.51. The second-order valence-corrected chi connectivity index (χ2v) is 6.61. The average molecular weight is 374 g/mol. The zero-order valence-corrected chi connectivity index (χ0v) is 15.4. The largest absolute Gasteiger partial charge is 0.481 e. The molecule has 1 aromatic heterocycles. The third-order valence-electron chi connectivity index (χ3n) is 4.66. The summed E-state index contributed by atoms with van der Waals surface area (Å²) in [5.74, 6) is -1.36. The fraction of sp³-hybridized carbons (Fsp3) is 0.316.